The minimum atomic E-state index is -0.611. The number of aliphatic hydroxyl groups excluding tert-OH is 1. The quantitative estimate of drug-likeness (QED) is 0.931. The molecule has 1 aliphatic carbocycles. The molecule has 0 spiro atoms. The summed E-state index contributed by atoms with van der Waals surface area (Å²) in [5.41, 5.74) is 3.17. The summed E-state index contributed by atoms with van der Waals surface area (Å²) in [6, 6.07) is 13.7. The molecule has 2 aromatic rings. The van der Waals surface area contributed by atoms with Crippen molar-refractivity contribution in [2.45, 2.75) is 25.6 Å². The van der Waals surface area contributed by atoms with Crippen molar-refractivity contribution in [2.24, 2.45) is 0 Å². The van der Waals surface area contributed by atoms with Gasteiger partial charge in [-0.05, 0) is 47.9 Å². The molecule has 3 nitrogen and oxygen atoms in total. The molecule has 20 heavy (non-hydrogen) atoms. The highest BCUT2D eigenvalue weighted by Gasteiger charge is 2.33. The van der Waals surface area contributed by atoms with Gasteiger partial charge in [0, 0.05) is 6.42 Å². The third-order valence-electron chi connectivity index (χ3n) is 3.72. The lowest BCUT2D eigenvalue weighted by atomic mass is 10.1. The van der Waals surface area contributed by atoms with Crippen molar-refractivity contribution in [3.8, 4) is 11.5 Å². The van der Waals surface area contributed by atoms with Crippen LogP contribution in [0.2, 0.25) is 0 Å². The molecule has 0 aromatic heterocycles. The fourth-order valence-corrected chi connectivity index (χ4v) is 2.66. The average molecular weight is 270 g/mol. The Morgan fingerprint density at radius 3 is 2.70 bits per heavy atom. The van der Waals surface area contributed by atoms with Crippen molar-refractivity contribution >= 4 is 0 Å². The minimum Gasteiger partial charge on any atom is -0.497 e. The van der Waals surface area contributed by atoms with E-state index in [0.29, 0.717) is 6.42 Å². The van der Waals surface area contributed by atoms with Gasteiger partial charge in [-0.15, -0.1) is 0 Å². The lowest BCUT2D eigenvalue weighted by Gasteiger charge is -2.18. The molecule has 0 bridgehead atoms. The number of hydrogen-bond donors (Lipinski definition) is 1. The van der Waals surface area contributed by atoms with Gasteiger partial charge in [0.15, 0.2) is 0 Å². The molecule has 2 aromatic carbocycles. The molecule has 104 valence electrons. The largest absolute Gasteiger partial charge is 0.497 e. The van der Waals surface area contributed by atoms with Crippen LogP contribution < -0.4 is 9.47 Å². The van der Waals surface area contributed by atoms with Crippen molar-refractivity contribution in [2.75, 3.05) is 7.11 Å². The van der Waals surface area contributed by atoms with Gasteiger partial charge in [-0.2, -0.15) is 0 Å². The molecule has 1 aliphatic rings. The van der Waals surface area contributed by atoms with Crippen molar-refractivity contribution < 1.29 is 14.6 Å². The first-order valence-corrected chi connectivity index (χ1v) is 6.75. The summed E-state index contributed by atoms with van der Waals surface area (Å²) >= 11 is 0. The molecular formula is C17H18O3. The normalized spacial score (nSPS) is 20.6. The van der Waals surface area contributed by atoms with E-state index in [0.717, 1.165) is 28.2 Å². The van der Waals surface area contributed by atoms with E-state index in [1.807, 2.05) is 49.4 Å². The summed E-state index contributed by atoms with van der Waals surface area (Å²) in [5.74, 6) is 1.56. The third kappa shape index (κ3) is 2.37. The van der Waals surface area contributed by atoms with Crippen molar-refractivity contribution in [3.63, 3.8) is 0 Å². The summed E-state index contributed by atoms with van der Waals surface area (Å²) in [4.78, 5) is 0. The number of aliphatic hydroxyl groups is 1. The number of ether oxygens (including phenoxy) is 2. The predicted molar refractivity (Wildman–Crippen MR) is 77.3 cm³/mol. The van der Waals surface area contributed by atoms with Gasteiger partial charge in [0.1, 0.15) is 23.7 Å². The summed E-state index contributed by atoms with van der Waals surface area (Å²) < 4.78 is 11.1. The standard InChI is InChI=1S/C17H18O3/c1-11-4-3-5-14(8-11)20-16-9-12-6-7-13(19-2)10-15(12)17(16)18/h3-8,10,16-18H,9H2,1-2H3. The molecule has 0 amide bonds. The maximum atomic E-state index is 10.4. The zero-order valence-electron chi connectivity index (χ0n) is 11.7. The molecule has 3 rings (SSSR count). The van der Waals surface area contributed by atoms with E-state index in [1.165, 1.54) is 0 Å². The van der Waals surface area contributed by atoms with Crippen LogP contribution in [0.15, 0.2) is 42.5 Å². The van der Waals surface area contributed by atoms with E-state index in [9.17, 15) is 5.11 Å². The zero-order chi connectivity index (χ0) is 14.1. The number of fused-ring (bicyclic) bond motifs is 1. The fraction of sp³-hybridized carbons (Fsp3) is 0.294. The molecule has 0 heterocycles. The number of methoxy groups -OCH3 is 1. The second-order valence-electron chi connectivity index (χ2n) is 5.19. The topological polar surface area (TPSA) is 38.7 Å². The first-order valence-electron chi connectivity index (χ1n) is 6.75. The van der Waals surface area contributed by atoms with Gasteiger partial charge in [0.25, 0.3) is 0 Å². The molecule has 0 saturated heterocycles. The van der Waals surface area contributed by atoms with Gasteiger partial charge in [-0.1, -0.05) is 18.2 Å². The highest BCUT2D eigenvalue weighted by Crippen LogP contribution is 2.36. The highest BCUT2D eigenvalue weighted by atomic mass is 16.5. The SMILES string of the molecule is COc1ccc2c(c1)C(O)C(Oc1cccc(C)c1)C2. The monoisotopic (exact) mass is 270 g/mol. The number of benzene rings is 2. The van der Waals surface area contributed by atoms with E-state index in [-0.39, 0.29) is 6.10 Å². The Kier molecular flexibility index (Phi) is 3.36. The van der Waals surface area contributed by atoms with Gasteiger partial charge in [0.2, 0.25) is 0 Å². The Balaban J connectivity index is 1.81. The van der Waals surface area contributed by atoms with Crippen LogP contribution in [0, 0.1) is 6.92 Å². The fourth-order valence-electron chi connectivity index (χ4n) is 2.66. The van der Waals surface area contributed by atoms with E-state index >= 15 is 0 Å². The van der Waals surface area contributed by atoms with Crippen LogP contribution >= 0.6 is 0 Å². The molecule has 0 fully saturated rings. The Hall–Kier alpha value is -2.00. The lowest BCUT2D eigenvalue weighted by molar-refractivity contribution is 0.0493. The van der Waals surface area contributed by atoms with Crippen LogP contribution in [-0.4, -0.2) is 18.3 Å². The lowest BCUT2D eigenvalue weighted by Crippen LogP contribution is -2.21. The van der Waals surface area contributed by atoms with Crippen LogP contribution in [-0.2, 0) is 6.42 Å². The second-order valence-corrected chi connectivity index (χ2v) is 5.19. The van der Waals surface area contributed by atoms with Crippen LogP contribution in [0.3, 0.4) is 0 Å². The Labute approximate surface area is 118 Å². The summed E-state index contributed by atoms with van der Waals surface area (Å²) in [6.07, 6.45) is -0.131. The van der Waals surface area contributed by atoms with Gasteiger partial charge in [-0.25, -0.2) is 0 Å². The van der Waals surface area contributed by atoms with Crippen molar-refractivity contribution in [1.29, 1.82) is 0 Å². The van der Waals surface area contributed by atoms with Crippen molar-refractivity contribution in [1.82, 2.24) is 0 Å². The molecule has 1 N–H and O–H groups in total. The van der Waals surface area contributed by atoms with E-state index in [2.05, 4.69) is 0 Å². The smallest absolute Gasteiger partial charge is 0.133 e. The van der Waals surface area contributed by atoms with Gasteiger partial charge >= 0.3 is 0 Å². The van der Waals surface area contributed by atoms with Crippen LogP contribution in [0.5, 0.6) is 11.5 Å². The maximum absolute atomic E-state index is 10.4. The molecule has 0 saturated carbocycles. The van der Waals surface area contributed by atoms with Crippen molar-refractivity contribution in [3.05, 3.63) is 59.2 Å². The zero-order valence-corrected chi connectivity index (χ0v) is 11.7. The van der Waals surface area contributed by atoms with Crippen LogP contribution in [0.1, 0.15) is 22.8 Å². The second kappa shape index (κ2) is 5.17. The first kappa shape index (κ1) is 13.0. The van der Waals surface area contributed by atoms with Gasteiger partial charge in [0.05, 0.1) is 7.11 Å². The highest BCUT2D eigenvalue weighted by molar-refractivity contribution is 5.42. The minimum absolute atomic E-state index is 0.237. The number of hydrogen-bond acceptors (Lipinski definition) is 3. The summed E-state index contributed by atoms with van der Waals surface area (Å²) in [7, 11) is 1.63. The maximum Gasteiger partial charge on any atom is 0.133 e. The Morgan fingerprint density at radius 1 is 1.10 bits per heavy atom. The molecular weight excluding hydrogens is 252 g/mol. The van der Waals surface area contributed by atoms with Gasteiger partial charge in [-0.3, -0.25) is 0 Å². The molecule has 2 atom stereocenters. The summed E-state index contributed by atoms with van der Waals surface area (Å²) in [5, 5.41) is 10.4. The molecule has 0 radical (unpaired) electrons. The van der Waals surface area contributed by atoms with E-state index in [4.69, 9.17) is 9.47 Å². The predicted octanol–water partition coefficient (Wildman–Crippen LogP) is 3.04. The Bertz CT molecular complexity index is 621. The van der Waals surface area contributed by atoms with E-state index < -0.39 is 6.10 Å². The van der Waals surface area contributed by atoms with Crippen LogP contribution in [0.4, 0.5) is 0 Å². The third-order valence-corrected chi connectivity index (χ3v) is 3.72. The van der Waals surface area contributed by atoms with E-state index in [1.54, 1.807) is 7.11 Å². The molecule has 2 unspecified atom stereocenters. The average Bonchev–Trinajstić information content (AvgIpc) is 2.75. The number of rotatable bonds is 3. The summed E-state index contributed by atoms with van der Waals surface area (Å²) in [6.45, 7) is 2.03. The van der Waals surface area contributed by atoms with Crippen LogP contribution in [0.25, 0.3) is 0 Å². The van der Waals surface area contributed by atoms with Gasteiger partial charge < -0.3 is 14.6 Å². The number of aryl methyl sites for hydroxylation is 1. The Morgan fingerprint density at radius 2 is 1.95 bits per heavy atom. The molecule has 0 aliphatic heterocycles. The first-order chi connectivity index (χ1) is 9.67. The molecule has 3 heteroatoms.